The largest absolute Gasteiger partial charge is 0.348 e. The van der Waals surface area contributed by atoms with Crippen molar-refractivity contribution < 1.29 is 4.79 Å². The number of nitrogens with zero attached hydrogens (tertiary/aromatic N) is 1. The van der Waals surface area contributed by atoms with Crippen LogP contribution in [-0.4, -0.2) is 10.9 Å². The molecule has 0 unspecified atom stereocenters. The molecule has 0 aliphatic rings. The molecular weight excluding hydrogens is 284 g/mol. The molecular formula is C17H13ClN2O. The molecule has 0 fully saturated rings. The highest BCUT2D eigenvalue weighted by atomic mass is 35.5. The Kier molecular flexibility index (Phi) is 3.84. The minimum absolute atomic E-state index is 0.136. The molecule has 0 saturated heterocycles. The highest BCUT2D eigenvalue weighted by Gasteiger charge is 2.06. The molecule has 0 atom stereocenters. The Bertz CT molecular complexity index is 784. The van der Waals surface area contributed by atoms with Gasteiger partial charge in [-0.2, -0.15) is 0 Å². The third-order valence-corrected chi connectivity index (χ3v) is 3.47. The number of aromatic nitrogens is 1. The van der Waals surface area contributed by atoms with Crippen LogP contribution in [0.15, 0.2) is 60.8 Å². The van der Waals surface area contributed by atoms with E-state index in [-0.39, 0.29) is 5.91 Å². The molecule has 21 heavy (non-hydrogen) atoms. The van der Waals surface area contributed by atoms with E-state index in [0.717, 1.165) is 16.5 Å². The van der Waals surface area contributed by atoms with E-state index in [1.807, 2.05) is 42.5 Å². The topological polar surface area (TPSA) is 42.0 Å². The van der Waals surface area contributed by atoms with E-state index in [4.69, 9.17) is 11.6 Å². The fourth-order valence-electron chi connectivity index (χ4n) is 2.08. The number of carbonyl (C=O) groups excluding carboxylic acids is 1. The van der Waals surface area contributed by atoms with Gasteiger partial charge in [-0.3, -0.25) is 9.78 Å². The zero-order valence-electron chi connectivity index (χ0n) is 11.2. The van der Waals surface area contributed by atoms with Crippen LogP contribution in [0, 0.1) is 0 Å². The standard InChI is InChI=1S/C17H13ClN2O/c18-15-7-5-12(6-8-15)10-20-17(21)14-9-13-3-1-2-4-16(13)19-11-14/h1-9,11H,10H2,(H,20,21). The number of rotatable bonds is 3. The van der Waals surface area contributed by atoms with Gasteiger partial charge < -0.3 is 5.32 Å². The van der Waals surface area contributed by atoms with Crippen molar-refractivity contribution in [3.8, 4) is 0 Å². The number of nitrogens with one attached hydrogen (secondary N) is 1. The average molecular weight is 297 g/mol. The zero-order chi connectivity index (χ0) is 14.7. The lowest BCUT2D eigenvalue weighted by molar-refractivity contribution is 0.0950. The summed E-state index contributed by atoms with van der Waals surface area (Å²) in [4.78, 5) is 16.4. The lowest BCUT2D eigenvalue weighted by Crippen LogP contribution is -2.22. The van der Waals surface area contributed by atoms with Gasteiger partial charge in [0.05, 0.1) is 11.1 Å². The van der Waals surface area contributed by atoms with E-state index in [2.05, 4.69) is 10.3 Å². The molecule has 3 aromatic rings. The van der Waals surface area contributed by atoms with Crippen LogP contribution in [0.3, 0.4) is 0 Å². The molecule has 0 aliphatic carbocycles. The molecule has 0 spiro atoms. The molecule has 1 heterocycles. The first kappa shape index (κ1) is 13.6. The smallest absolute Gasteiger partial charge is 0.253 e. The maximum atomic E-state index is 12.2. The van der Waals surface area contributed by atoms with Crippen molar-refractivity contribution in [1.29, 1.82) is 0 Å². The highest BCUT2D eigenvalue weighted by Crippen LogP contribution is 2.13. The maximum Gasteiger partial charge on any atom is 0.253 e. The Balaban J connectivity index is 1.73. The molecule has 3 rings (SSSR count). The van der Waals surface area contributed by atoms with E-state index in [9.17, 15) is 4.79 Å². The van der Waals surface area contributed by atoms with Crippen LogP contribution in [-0.2, 0) is 6.54 Å². The van der Waals surface area contributed by atoms with Gasteiger partial charge in [-0.25, -0.2) is 0 Å². The predicted molar refractivity (Wildman–Crippen MR) is 84.4 cm³/mol. The Labute approximate surface area is 127 Å². The summed E-state index contributed by atoms with van der Waals surface area (Å²) >= 11 is 5.83. The van der Waals surface area contributed by atoms with Crippen molar-refractivity contribution in [3.63, 3.8) is 0 Å². The normalized spacial score (nSPS) is 10.5. The molecule has 3 nitrogen and oxygen atoms in total. The molecule has 4 heteroatoms. The van der Waals surface area contributed by atoms with E-state index in [1.165, 1.54) is 0 Å². The van der Waals surface area contributed by atoms with Crippen molar-refractivity contribution in [2.24, 2.45) is 0 Å². The molecule has 1 aromatic heterocycles. The van der Waals surface area contributed by atoms with Gasteiger partial charge in [-0.1, -0.05) is 41.9 Å². The Hall–Kier alpha value is -2.39. The SMILES string of the molecule is O=C(NCc1ccc(Cl)cc1)c1cnc2ccccc2c1. The Morgan fingerprint density at radius 1 is 1.10 bits per heavy atom. The van der Waals surface area contributed by atoms with E-state index < -0.39 is 0 Å². The summed E-state index contributed by atoms with van der Waals surface area (Å²) in [7, 11) is 0. The van der Waals surface area contributed by atoms with Gasteiger partial charge >= 0.3 is 0 Å². The van der Waals surface area contributed by atoms with Crippen LogP contribution in [0.5, 0.6) is 0 Å². The summed E-state index contributed by atoms with van der Waals surface area (Å²) in [6, 6.07) is 17.0. The number of carbonyl (C=O) groups is 1. The summed E-state index contributed by atoms with van der Waals surface area (Å²) in [6.07, 6.45) is 1.60. The lowest BCUT2D eigenvalue weighted by Gasteiger charge is -2.06. The van der Waals surface area contributed by atoms with E-state index >= 15 is 0 Å². The first-order valence-electron chi connectivity index (χ1n) is 6.60. The number of benzene rings is 2. The van der Waals surface area contributed by atoms with E-state index in [0.29, 0.717) is 17.1 Å². The van der Waals surface area contributed by atoms with Gasteiger partial charge in [-0.05, 0) is 29.8 Å². The van der Waals surface area contributed by atoms with Crippen molar-refractivity contribution in [1.82, 2.24) is 10.3 Å². The van der Waals surface area contributed by atoms with E-state index in [1.54, 1.807) is 18.3 Å². The first-order valence-corrected chi connectivity index (χ1v) is 6.97. The first-order chi connectivity index (χ1) is 10.2. The van der Waals surface area contributed by atoms with Gasteiger partial charge in [0.2, 0.25) is 0 Å². The number of fused-ring (bicyclic) bond motifs is 1. The van der Waals surface area contributed by atoms with Crippen molar-refractivity contribution in [2.45, 2.75) is 6.54 Å². The zero-order valence-corrected chi connectivity index (χ0v) is 12.0. The predicted octanol–water partition coefficient (Wildman–Crippen LogP) is 3.82. The van der Waals surface area contributed by atoms with Crippen LogP contribution < -0.4 is 5.32 Å². The van der Waals surface area contributed by atoms with Crippen LogP contribution in [0.2, 0.25) is 5.02 Å². The molecule has 1 amide bonds. The number of para-hydroxylation sites is 1. The van der Waals surface area contributed by atoms with Gasteiger partial charge in [0.15, 0.2) is 0 Å². The van der Waals surface area contributed by atoms with Gasteiger partial charge in [0.25, 0.3) is 5.91 Å². The monoisotopic (exact) mass is 296 g/mol. The van der Waals surface area contributed by atoms with Gasteiger partial charge in [0.1, 0.15) is 0 Å². The maximum absolute atomic E-state index is 12.2. The summed E-state index contributed by atoms with van der Waals surface area (Å²) in [6.45, 7) is 0.461. The fraction of sp³-hybridized carbons (Fsp3) is 0.0588. The number of hydrogen-bond donors (Lipinski definition) is 1. The Morgan fingerprint density at radius 2 is 1.86 bits per heavy atom. The second kappa shape index (κ2) is 5.94. The molecule has 0 radical (unpaired) electrons. The second-order valence-electron chi connectivity index (χ2n) is 4.73. The quantitative estimate of drug-likeness (QED) is 0.798. The molecule has 1 N–H and O–H groups in total. The number of pyridine rings is 1. The van der Waals surface area contributed by atoms with Gasteiger partial charge in [0, 0.05) is 23.2 Å². The molecule has 2 aromatic carbocycles. The molecule has 0 bridgehead atoms. The number of halogens is 1. The average Bonchev–Trinajstić information content (AvgIpc) is 2.53. The summed E-state index contributed by atoms with van der Waals surface area (Å²) < 4.78 is 0. The molecule has 0 saturated carbocycles. The lowest BCUT2D eigenvalue weighted by atomic mass is 10.1. The second-order valence-corrected chi connectivity index (χ2v) is 5.16. The van der Waals surface area contributed by atoms with Crippen LogP contribution >= 0.6 is 11.6 Å². The number of amides is 1. The summed E-state index contributed by atoms with van der Waals surface area (Å²) in [5.74, 6) is -0.136. The number of hydrogen-bond acceptors (Lipinski definition) is 2. The summed E-state index contributed by atoms with van der Waals surface area (Å²) in [5, 5.41) is 4.52. The third kappa shape index (κ3) is 3.20. The highest BCUT2D eigenvalue weighted by molar-refractivity contribution is 6.30. The van der Waals surface area contributed by atoms with Crippen LogP contribution in [0.1, 0.15) is 15.9 Å². The fourth-order valence-corrected chi connectivity index (χ4v) is 2.21. The third-order valence-electron chi connectivity index (χ3n) is 3.22. The molecule has 0 aliphatic heterocycles. The van der Waals surface area contributed by atoms with Crippen LogP contribution in [0.25, 0.3) is 10.9 Å². The van der Waals surface area contributed by atoms with Gasteiger partial charge in [-0.15, -0.1) is 0 Å². The molecule has 104 valence electrons. The summed E-state index contributed by atoms with van der Waals surface area (Å²) in [5.41, 5.74) is 2.44. The van der Waals surface area contributed by atoms with Crippen LogP contribution in [0.4, 0.5) is 0 Å². The Morgan fingerprint density at radius 3 is 2.67 bits per heavy atom. The van der Waals surface area contributed by atoms with Crippen molar-refractivity contribution in [2.75, 3.05) is 0 Å². The van der Waals surface area contributed by atoms with Crippen molar-refractivity contribution >= 4 is 28.4 Å². The van der Waals surface area contributed by atoms with Crippen molar-refractivity contribution in [3.05, 3.63) is 76.9 Å². The minimum atomic E-state index is -0.136. The minimum Gasteiger partial charge on any atom is -0.348 e.